The Morgan fingerprint density at radius 2 is 2.14 bits per heavy atom. The first-order chi connectivity index (χ1) is 3.31. The highest BCUT2D eigenvalue weighted by Gasteiger charge is 1.78. The molecule has 1 nitrogen and oxygen atoms in total. The van der Waals surface area contributed by atoms with E-state index < -0.39 is 0 Å². The van der Waals surface area contributed by atoms with Crippen LogP contribution >= 0.6 is 0 Å². The monoisotopic (exact) mass is 95.1 g/mol. The van der Waals surface area contributed by atoms with Crippen molar-refractivity contribution in [3.63, 3.8) is 0 Å². The van der Waals surface area contributed by atoms with Gasteiger partial charge in [0.2, 0.25) is 0 Å². The van der Waals surface area contributed by atoms with Crippen LogP contribution in [0.3, 0.4) is 0 Å². The molecule has 0 atom stereocenters. The summed E-state index contributed by atoms with van der Waals surface area (Å²) in [6.07, 6.45) is 3.83. The van der Waals surface area contributed by atoms with E-state index in [1.54, 1.807) is 6.08 Å². The summed E-state index contributed by atoms with van der Waals surface area (Å²) < 4.78 is 0. The third kappa shape index (κ3) is 2.97. The maximum atomic E-state index is 6.95. The average Bonchev–Trinajstić information content (AvgIpc) is 1.68. The van der Waals surface area contributed by atoms with Crippen LogP contribution < -0.4 is 0 Å². The van der Waals surface area contributed by atoms with E-state index in [2.05, 4.69) is 13.2 Å². The minimum absolute atomic E-state index is 0.523. The van der Waals surface area contributed by atoms with Crippen molar-refractivity contribution in [2.24, 2.45) is 0 Å². The molecule has 0 saturated heterocycles. The molecule has 0 rings (SSSR count). The standard InChI is InChI=1S/C6H9N/c1-3-5-6(7)4-2/h3-4,7H,1-2,5H2. The zero-order valence-corrected chi connectivity index (χ0v) is 4.28. The first kappa shape index (κ1) is 6.15. The molecule has 0 heterocycles. The Balaban J connectivity index is 3.36. The van der Waals surface area contributed by atoms with Crippen molar-refractivity contribution in [3.05, 3.63) is 25.3 Å². The van der Waals surface area contributed by atoms with Crippen molar-refractivity contribution >= 4 is 5.71 Å². The normalized spacial score (nSPS) is 7.43. The lowest BCUT2D eigenvalue weighted by atomic mass is 10.3. The Hall–Kier alpha value is -0.850. The molecule has 0 aromatic carbocycles. The van der Waals surface area contributed by atoms with Crippen LogP contribution in [0.2, 0.25) is 0 Å². The lowest BCUT2D eigenvalue weighted by Gasteiger charge is -1.83. The van der Waals surface area contributed by atoms with Crippen molar-refractivity contribution in [2.45, 2.75) is 6.42 Å². The molecule has 0 aliphatic carbocycles. The molecule has 0 spiro atoms. The van der Waals surface area contributed by atoms with Gasteiger partial charge in [-0.3, -0.25) is 0 Å². The van der Waals surface area contributed by atoms with Gasteiger partial charge < -0.3 is 5.41 Å². The SMILES string of the molecule is C=CCC(=N)C=C. The largest absolute Gasteiger partial charge is 0.305 e. The van der Waals surface area contributed by atoms with Gasteiger partial charge in [-0.1, -0.05) is 12.7 Å². The number of allylic oxidation sites excluding steroid dienone is 2. The molecule has 0 amide bonds. The fourth-order valence-corrected chi connectivity index (χ4v) is 0.239. The molecule has 0 aliphatic heterocycles. The fraction of sp³-hybridized carbons (Fsp3) is 0.167. The number of hydrogen-bond acceptors (Lipinski definition) is 1. The van der Waals surface area contributed by atoms with Gasteiger partial charge >= 0.3 is 0 Å². The molecule has 0 bridgehead atoms. The molecule has 7 heavy (non-hydrogen) atoms. The Labute approximate surface area is 43.9 Å². The highest BCUT2D eigenvalue weighted by atomic mass is 14.4. The topological polar surface area (TPSA) is 23.9 Å². The van der Waals surface area contributed by atoms with E-state index >= 15 is 0 Å². The van der Waals surface area contributed by atoms with Gasteiger partial charge in [0, 0.05) is 12.1 Å². The van der Waals surface area contributed by atoms with Gasteiger partial charge in [-0.2, -0.15) is 0 Å². The summed E-state index contributed by atoms with van der Waals surface area (Å²) in [6.45, 7) is 6.87. The zero-order valence-electron chi connectivity index (χ0n) is 4.28. The Bertz CT molecular complexity index is 92.4. The van der Waals surface area contributed by atoms with E-state index in [0.29, 0.717) is 12.1 Å². The summed E-state index contributed by atoms with van der Waals surface area (Å²) in [4.78, 5) is 0. The Morgan fingerprint density at radius 3 is 2.29 bits per heavy atom. The third-order valence-corrected chi connectivity index (χ3v) is 0.611. The van der Waals surface area contributed by atoms with Gasteiger partial charge in [0.15, 0.2) is 0 Å². The van der Waals surface area contributed by atoms with Gasteiger partial charge in [0.1, 0.15) is 0 Å². The molecule has 0 aromatic heterocycles. The van der Waals surface area contributed by atoms with Crippen LogP contribution in [-0.2, 0) is 0 Å². The molecule has 0 saturated carbocycles. The zero-order chi connectivity index (χ0) is 5.70. The van der Waals surface area contributed by atoms with E-state index in [4.69, 9.17) is 5.41 Å². The molecule has 1 N–H and O–H groups in total. The van der Waals surface area contributed by atoms with E-state index in [1.807, 2.05) is 0 Å². The number of hydrogen-bond donors (Lipinski definition) is 1. The molecular formula is C6H9N. The molecule has 1 heteroatoms. The quantitative estimate of drug-likeness (QED) is 0.408. The van der Waals surface area contributed by atoms with Gasteiger partial charge in [-0.15, -0.1) is 6.58 Å². The molecule has 38 valence electrons. The van der Waals surface area contributed by atoms with Crippen LogP contribution in [0.4, 0.5) is 0 Å². The first-order valence-electron chi connectivity index (χ1n) is 2.12. The van der Waals surface area contributed by atoms with E-state index in [-0.39, 0.29) is 0 Å². The second-order valence-corrected chi connectivity index (χ2v) is 1.22. The van der Waals surface area contributed by atoms with Crippen LogP contribution in [0.1, 0.15) is 6.42 Å². The van der Waals surface area contributed by atoms with E-state index in [1.165, 1.54) is 6.08 Å². The summed E-state index contributed by atoms with van der Waals surface area (Å²) >= 11 is 0. The predicted molar refractivity (Wildman–Crippen MR) is 32.7 cm³/mol. The van der Waals surface area contributed by atoms with Gasteiger partial charge in [-0.25, -0.2) is 0 Å². The van der Waals surface area contributed by atoms with Crippen LogP contribution in [0.5, 0.6) is 0 Å². The number of nitrogens with one attached hydrogen (secondary N) is 1. The van der Waals surface area contributed by atoms with Crippen molar-refractivity contribution in [1.29, 1.82) is 5.41 Å². The molecule has 0 unspecified atom stereocenters. The second kappa shape index (κ2) is 3.34. The summed E-state index contributed by atoms with van der Waals surface area (Å²) in [5.41, 5.74) is 0.523. The van der Waals surface area contributed by atoms with Crippen LogP contribution in [-0.4, -0.2) is 5.71 Å². The van der Waals surface area contributed by atoms with Crippen LogP contribution in [0.25, 0.3) is 0 Å². The fourth-order valence-electron chi connectivity index (χ4n) is 0.239. The van der Waals surface area contributed by atoms with Gasteiger partial charge in [0.05, 0.1) is 0 Å². The minimum Gasteiger partial charge on any atom is -0.305 e. The lowest BCUT2D eigenvalue weighted by molar-refractivity contribution is 1.39. The molecular weight excluding hydrogens is 86.1 g/mol. The first-order valence-corrected chi connectivity index (χ1v) is 2.12. The summed E-state index contributed by atoms with van der Waals surface area (Å²) in [6, 6.07) is 0. The third-order valence-electron chi connectivity index (χ3n) is 0.611. The minimum atomic E-state index is 0.523. The van der Waals surface area contributed by atoms with Gasteiger partial charge in [0.25, 0.3) is 0 Å². The maximum absolute atomic E-state index is 6.95. The summed E-state index contributed by atoms with van der Waals surface area (Å²) in [7, 11) is 0. The van der Waals surface area contributed by atoms with Crippen LogP contribution in [0, 0.1) is 5.41 Å². The van der Waals surface area contributed by atoms with Crippen molar-refractivity contribution < 1.29 is 0 Å². The summed E-state index contributed by atoms with van der Waals surface area (Å²) in [5.74, 6) is 0. The highest BCUT2D eigenvalue weighted by molar-refractivity contribution is 5.92. The van der Waals surface area contributed by atoms with Crippen LogP contribution in [0.15, 0.2) is 25.3 Å². The Morgan fingerprint density at radius 1 is 1.57 bits per heavy atom. The number of rotatable bonds is 3. The Kier molecular flexibility index (Phi) is 2.94. The molecule has 0 aliphatic rings. The maximum Gasteiger partial charge on any atom is 0.0345 e. The lowest BCUT2D eigenvalue weighted by Crippen LogP contribution is -1.83. The molecule has 0 fully saturated rings. The molecule has 0 aromatic rings. The van der Waals surface area contributed by atoms with Crippen molar-refractivity contribution in [2.75, 3.05) is 0 Å². The second-order valence-electron chi connectivity index (χ2n) is 1.22. The summed E-state index contributed by atoms with van der Waals surface area (Å²) in [5, 5.41) is 6.95. The molecule has 0 radical (unpaired) electrons. The average molecular weight is 95.1 g/mol. The van der Waals surface area contributed by atoms with E-state index in [9.17, 15) is 0 Å². The predicted octanol–water partition coefficient (Wildman–Crippen LogP) is 1.77. The highest BCUT2D eigenvalue weighted by Crippen LogP contribution is 1.82. The van der Waals surface area contributed by atoms with E-state index in [0.717, 1.165) is 0 Å². The van der Waals surface area contributed by atoms with Crippen molar-refractivity contribution in [1.82, 2.24) is 0 Å². The smallest absolute Gasteiger partial charge is 0.0345 e. The van der Waals surface area contributed by atoms with Crippen molar-refractivity contribution in [3.8, 4) is 0 Å². The van der Waals surface area contributed by atoms with Gasteiger partial charge in [-0.05, 0) is 6.08 Å².